The molecule has 5 rings (SSSR count). The molecule has 1 fully saturated rings. The van der Waals surface area contributed by atoms with Gasteiger partial charge in [-0.2, -0.15) is 0 Å². The molecule has 1 aromatic heterocycles. The first-order valence-corrected chi connectivity index (χ1v) is 9.80. The maximum absolute atomic E-state index is 13.9. The van der Waals surface area contributed by atoms with Crippen LogP contribution in [-0.4, -0.2) is 15.9 Å². The summed E-state index contributed by atoms with van der Waals surface area (Å²) in [6.07, 6.45) is 5.05. The molecule has 4 atom stereocenters. The molecule has 3 aromatic rings. The fourth-order valence-electron chi connectivity index (χ4n) is 4.76. The summed E-state index contributed by atoms with van der Waals surface area (Å²) in [4.78, 5) is 33.2. The van der Waals surface area contributed by atoms with Crippen LogP contribution in [0.4, 0.5) is 4.39 Å². The van der Waals surface area contributed by atoms with E-state index in [0.717, 1.165) is 6.42 Å². The maximum Gasteiger partial charge on any atom is 0.258 e. The van der Waals surface area contributed by atoms with Crippen LogP contribution in [0.2, 0.25) is 0 Å². The first kappa shape index (κ1) is 17.8. The van der Waals surface area contributed by atoms with Gasteiger partial charge in [-0.3, -0.25) is 9.59 Å². The minimum atomic E-state index is -0.335. The molecular formula is C23H20FN3O2. The molecule has 1 amide bonds. The predicted octanol–water partition coefficient (Wildman–Crippen LogP) is 3.28. The lowest BCUT2D eigenvalue weighted by molar-refractivity contribution is -0.126. The van der Waals surface area contributed by atoms with E-state index in [2.05, 4.69) is 27.4 Å². The topological polar surface area (TPSA) is 74.8 Å². The van der Waals surface area contributed by atoms with Crippen molar-refractivity contribution in [1.29, 1.82) is 0 Å². The molecule has 2 aromatic carbocycles. The fraction of sp³-hybridized carbons (Fsp3) is 0.261. The monoisotopic (exact) mass is 389 g/mol. The molecule has 6 heteroatoms. The molecule has 146 valence electrons. The highest BCUT2D eigenvalue weighted by atomic mass is 19.1. The average Bonchev–Trinajstić information content (AvgIpc) is 3.35. The summed E-state index contributed by atoms with van der Waals surface area (Å²) in [6, 6.07) is 13.6. The van der Waals surface area contributed by atoms with Gasteiger partial charge in [-0.1, -0.05) is 42.5 Å². The Morgan fingerprint density at radius 3 is 2.72 bits per heavy atom. The van der Waals surface area contributed by atoms with Crippen LogP contribution in [0.15, 0.2) is 65.5 Å². The zero-order valence-corrected chi connectivity index (χ0v) is 15.6. The van der Waals surface area contributed by atoms with Gasteiger partial charge in [-0.15, -0.1) is 0 Å². The third kappa shape index (κ3) is 3.05. The Morgan fingerprint density at radius 2 is 1.86 bits per heavy atom. The molecule has 0 saturated heterocycles. The lowest BCUT2D eigenvalue weighted by atomic mass is 9.81. The zero-order valence-electron chi connectivity index (χ0n) is 15.6. The number of fused-ring (bicyclic) bond motifs is 3. The van der Waals surface area contributed by atoms with Gasteiger partial charge in [0.15, 0.2) is 0 Å². The Morgan fingerprint density at radius 1 is 1.10 bits per heavy atom. The number of nitrogens with one attached hydrogen (secondary N) is 2. The van der Waals surface area contributed by atoms with Crippen LogP contribution in [0.3, 0.4) is 0 Å². The first-order chi connectivity index (χ1) is 14.1. The van der Waals surface area contributed by atoms with Crippen molar-refractivity contribution in [3.05, 3.63) is 88.2 Å². The lowest BCUT2D eigenvalue weighted by Gasteiger charge is -2.26. The van der Waals surface area contributed by atoms with E-state index in [1.807, 2.05) is 12.1 Å². The van der Waals surface area contributed by atoms with E-state index in [-0.39, 0.29) is 47.5 Å². The Bertz CT molecular complexity index is 1190. The quantitative estimate of drug-likeness (QED) is 0.673. The van der Waals surface area contributed by atoms with Crippen molar-refractivity contribution in [3.63, 3.8) is 0 Å². The largest absolute Gasteiger partial charge is 0.352 e. The molecule has 0 spiro atoms. The molecule has 1 heterocycles. The summed E-state index contributed by atoms with van der Waals surface area (Å²) >= 11 is 0. The van der Waals surface area contributed by atoms with Crippen LogP contribution >= 0.6 is 0 Å². The van der Waals surface area contributed by atoms with Gasteiger partial charge in [0.25, 0.3) is 5.56 Å². The average molecular weight is 389 g/mol. The molecule has 2 bridgehead atoms. The van der Waals surface area contributed by atoms with Gasteiger partial charge in [0.05, 0.1) is 16.8 Å². The summed E-state index contributed by atoms with van der Waals surface area (Å²) in [7, 11) is 0. The van der Waals surface area contributed by atoms with Gasteiger partial charge in [0, 0.05) is 18.0 Å². The second-order valence-electron chi connectivity index (χ2n) is 7.78. The van der Waals surface area contributed by atoms with Crippen molar-refractivity contribution in [3.8, 4) is 0 Å². The van der Waals surface area contributed by atoms with Crippen molar-refractivity contribution >= 4 is 16.8 Å². The zero-order chi connectivity index (χ0) is 20.0. The van der Waals surface area contributed by atoms with Gasteiger partial charge in [-0.05, 0) is 36.5 Å². The highest BCUT2D eigenvalue weighted by Crippen LogP contribution is 2.52. The number of aromatic amines is 1. The highest BCUT2D eigenvalue weighted by Gasteiger charge is 2.49. The van der Waals surface area contributed by atoms with Crippen LogP contribution in [0, 0.1) is 23.6 Å². The normalized spacial score (nSPS) is 24.9. The summed E-state index contributed by atoms with van der Waals surface area (Å²) in [5, 5.41) is 3.42. The van der Waals surface area contributed by atoms with Crippen molar-refractivity contribution in [2.75, 3.05) is 0 Å². The molecule has 2 aliphatic rings. The smallest absolute Gasteiger partial charge is 0.258 e. The Balaban J connectivity index is 1.45. The van der Waals surface area contributed by atoms with Crippen LogP contribution in [-0.2, 0) is 11.3 Å². The van der Waals surface area contributed by atoms with E-state index in [9.17, 15) is 14.0 Å². The van der Waals surface area contributed by atoms with Gasteiger partial charge in [0.2, 0.25) is 5.91 Å². The van der Waals surface area contributed by atoms with Crippen molar-refractivity contribution < 1.29 is 9.18 Å². The second kappa shape index (κ2) is 6.95. The fourth-order valence-corrected chi connectivity index (χ4v) is 4.76. The van der Waals surface area contributed by atoms with Crippen LogP contribution in [0.25, 0.3) is 10.9 Å². The van der Waals surface area contributed by atoms with Crippen LogP contribution in [0.5, 0.6) is 0 Å². The van der Waals surface area contributed by atoms with E-state index < -0.39 is 0 Å². The van der Waals surface area contributed by atoms with E-state index in [1.54, 1.807) is 30.3 Å². The predicted molar refractivity (Wildman–Crippen MR) is 108 cm³/mol. The number of allylic oxidation sites excluding steroid dienone is 2. The van der Waals surface area contributed by atoms with E-state index >= 15 is 0 Å². The number of aromatic nitrogens is 2. The van der Waals surface area contributed by atoms with Crippen molar-refractivity contribution in [2.45, 2.75) is 18.9 Å². The van der Waals surface area contributed by atoms with E-state index in [4.69, 9.17) is 0 Å². The number of nitrogens with zero attached hydrogens (tertiary/aromatic N) is 1. The summed E-state index contributed by atoms with van der Waals surface area (Å²) in [6.45, 7) is 0.136. The molecule has 1 saturated carbocycles. The number of carbonyl (C=O) groups is 1. The number of halogens is 1. The minimum Gasteiger partial charge on any atom is -0.352 e. The van der Waals surface area contributed by atoms with Gasteiger partial charge >= 0.3 is 0 Å². The lowest BCUT2D eigenvalue weighted by Crippen LogP contribution is -2.37. The van der Waals surface area contributed by atoms with Crippen LogP contribution in [0.1, 0.15) is 23.7 Å². The maximum atomic E-state index is 13.9. The number of carbonyl (C=O) groups excluding carboxylic acids is 1. The standard InChI is InChI=1S/C23H20FN3O2/c24-17-7-3-1-5-15(17)12-25-23(29)20-14-10-9-13(11-14)19(20)21-26-18-8-4-2-6-16(18)22(28)27-21/h1-10,13-14,19-20H,11-12H2,(H,25,29)(H,26,27,28)/t13-,14+,19-,20-/m0/s1. The third-order valence-electron chi connectivity index (χ3n) is 6.12. The molecule has 5 nitrogen and oxygen atoms in total. The Kier molecular flexibility index (Phi) is 4.27. The van der Waals surface area contributed by atoms with Crippen LogP contribution < -0.4 is 10.9 Å². The number of hydrogen-bond donors (Lipinski definition) is 2. The number of para-hydroxylation sites is 1. The molecule has 0 unspecified atom stereocenters. The molecule has 29 heavy (non-hydrogen) atoms. The number of rotatable bonds is 4. The molecule has 0 radical (unpaired) electrons. The molecule has 2 N–H and O–H groups in total. The van der Waals surface area contributed by atoms with Gasteiger partial charge in [0.1, 0.15) is 11.6 Å². The van der Waals surface area contributed by atoms with E-state index in [0.29, 0.717) is 22.3 Å². The summed E-state index contributed by atoms with van der Waals surface area (Å²) in [5.74, 6) is -0.180. The first-order valence-electron chi connectivity index (χ1n) is 9.80. The molecule has 2 aliphatic carbocycles. The van der Waals surface area contributed by atoms with Gasteiger partial charge in [-0.25, -0.2) is 9.37 Å². The highest BCUT2D eigenvalue weighted by molar-refractivity contribution is 5.82. The molecule has 0 aliphatic heterocycles. The van der Waals surface area contributed by atoms with Gasteiger partial charge < -0.3 is 10.3 Å². The number of amides is 1. The summed E-state index contributed by atoms with van der Waals surface area (Å²) in [5.41, 5.74) is 0.889. The SMILES string of the molecule is O=C(NCc1ccccc1F)[C@@H]1[C@@H](c2nc3ccccc3c(=O)[nH]2)[C@H]2C=C[C@@H]1C2. The number of benzene rings is 2. The number of hydrogen-bond acceptors (Lipinski definition) is 3. The van der Waals surface area contributed by atoms with Crippen molar-refractivity contribution in [2.24, 2.45) is 17.8 Å². The molecular weight excluding hydrogens is 369 g/mol. The Labute approximate surface area is 166 Å². The second-order valence-corrected chi connectivity index (χ2v) is 7.78. The minimum absolute atomic E-state index is 0.0994. The third-order valence-corrected chi connectivity index (χ3v) is 6.12. The summed E-state index contributed by atoms with van der Waals surface area (Å²) < 4.78 is 13.9. The van der Waals surface area contributed by atoms with E-state index in [1.165, 1.54) is 6.07 Å². The number of H-pyrrole nitrogens is 1. The Hall–Kier alpha value is -3.28. The van der Waals surface area contributed by atoms with Crippen molar-refractivity contribution in [1.82, 2.24) is 15.3 Å².